The van der Waals surface area contributed by atoms with Gasteiger partial charge in [0.2, 0.25) is 0 Å². The predicted octanol–water partition coefficient (Wildman–Crippen LogP) is 4.12. The van der Waals surface area contributed by atoms with Crippen molar-refractivity contribution in [3.63, 3.8) is 0 Å². The second-order valence-corrected chi connectivity index (χ2v) is 5.67. The summed E-state index contributed by atoms with van der Waals surface area (Å²) in [7, 11) is 0. The van der Waals surface area contributed by atoms with Crippen molar-refractivity contribution in [3.8, 4) is 0 Å². The number of nitrogens with two attached hydrogens (primary N) is 1. The Hall–Kier alpha value is -1.42. The molecule has 0 aliphatic carbocycles. The van der Waals surface area contributed by atoms with Gasteiger partial charge in [0.15, 0.2) is 0 Å². The van der Waals surface area contributed by atoms with Crippen LogP contribution >= 0.6 is 11.8 Å². The third-order valence-electron chi connectivity index (χ3n) is 3.22. The summed E-state index contributed by atoms with van der Waals surface area (Å²) in [6.07, 6.45) is 4.34. The summed E-state index contributed by atoms with van der Waals surface area (Å²) in [5.41, 5.74) is 7.71. The maximum atomic E-state index is 5.77. The van der Waals surface area contributed by atoms with Gasteiger partial charge in [0, 0.05) is 22.5 Å². The van der Waals surface area contributed by atoms with Crippen LogP contribution in [0.25, 0.3) is 0 Å². The quantitative estimate of drug-likeness (QED) is 0.637. The lowest BCUT2D eigenvalue weighted by molar-refractivity contribution is 0.426. The van der Waals surface area contributed by atoms with Gasteiger partial charge in [-0.15, -0.1) is 11.8 Å². The molecule has 0 spiro atoms. The molecule has 2 rings (SSSR count). The van der Waals surface area contributed by atoms with E-state index in [-0.39, 0.29) is 0 Å². The van der Waals surface area contributed by atoms with Crippen molar-refractivity contribution in [2.24, 2.45) is 0 Å². The van der Waals surface area contributed by atoms with Crippen molar-refractivity contribution < 1.29 is 0 Å². The Kier molecular flexibility index (Phi) is 4.91. The molecule has 0 aliphatic heterocycles. The van der Waals surface area contributed by atoms with E-state index in [2.05, 4.69) is 42.0 Å². The highest BCUT2D eigenvalue weighted by atomic mass is 32.2. The largest absolute Gasteiger partial charge is 0.399 e. The molecule has 2 aromatic rings. The van der Waals surface area contributed by atoms with Crippen molar-refractivity contribution >= 4 is 17.4 Å². The first-order chi connectivity index (χ1) is 9.22. The van der Waals surface area contributed by atoms with Crippen molar-refractivity contribution in [3.05, 3.63) is 42.2 Å². The van der Waals surface area contributed by atoms with Crippen LogP contribution in [0.4, 0.5) is 5.69 Å². The summed E-state index contributed by atoms with van der Waals surface area (Å²) >= 11 is 1.77. The van der Waals surface area contributed by atoms with Crippen molar-refractivity contribution in [2.75, 3.05) is 5.73 Å². The van der Waals surface area contributed by atoms with Crippen molar-refractivity contribution in [1.29, 1.82) is 0 Å². The van der Waals surface area contributed by atoms with Gasteiger partial charge >= 0.3 is 0 Å². The number of nitrogen functional groups attached to an aromatic ring is 1. The van der Waals surface area contributed by atoms with Gasteiger partial charge in [-0.25, -0.2) is 0 Å². The van der Waals surface area contributed by atoms with E-state index >= 15 is 0 Å². The molecule has 2 N–H and O–H groups in total. The Bertz CT molecular complexity index is 518. The summed E-state index contributed by atoms with van der Waals surface area (Å²) in [6.45, 7) is 4.41. The van der Waals surface area contributed by atoms with Crippen molar-refractivity contribution in [2.45, 2.75) is 43.4 Å². The smallest absolute Gasteiger partial charge is 0.0727 e. The van der Waals surface area contributed by atoms with E-state index in [0.29, 0.717) is 6.04 Å². The van der Waals surface area contributed by atoms with Crippen LogP contribution in [0.1, 0.15) is 38.4 Å². The minimum absolute atomic E-state index is 0.520. The predicted molar refractivity (Wildman–Crippen MR) is 82.3 cm³/mol. The number of hydrogen-bond donors (Lipinski definition) is 1. The lowest BCUT2D eigenvalue weighted by Gasteiger charge is -2.12. The van der Waals surface area contributed by atoms with E-state index in [0.717, 1.165) is 30.0 Å². The van der Waals surface area contributed by atoms with Gasteiger partial charge in [-0.1, -0.05) is 19.9 Å². The molecule has 4 heteroatoms. The zero-order chi connectivity index (χ0) is 13.7. The topological polar surface area (TPSA) is 43.8 Å². The molecular weight excluding hydrogens is 254 g/mol. The standard InChI is InChI=1S/C15H21N3S/c1-3-14(4-2)18-9-8-13(17-18)11-19-15-7-5-6-12(16)10-15/h5-10,14H,3-4,11,16H2,1-2H3. The number of benzene rings is 1. The average molecular weight is 275 g/mol. The van der Waals surface area contributed by atoms with Crippen LogP contribution in [-0.2, 0) is 5.75 Å². The third-order valence-corrected chi connectivity index (χ3v) is 4.25. The first-order valence-electron chi connectivity index (χ1n) is 6.75. The Balaban J connectivity index is 1.97. The van der Waals surface area contributed by atoms with Gasteiger partial charge in [-0.05, 0) is 37.1 Å². The molecule has 1 aromatic carbocycles. The summed E-state index contributed by atoms with van der Waals surface area (Å²) in [5, 5.41) is 4.65. The molecule has 1 aromatic heterocycles. The first kappa shape index (κ1) is 14.0. The van der Waals surface area contributed by atoms with Crippen LogP contribution in [0.15, 0.2) is 41.4 Å². The minimum Gasteiger partial charge on any atom is -0.399 e. The molecule has 0 fully saturated rings. The van der Waals surface area contributed by atoms with Crippen LogP contribution in [-0.4, -0.2) is 9.78 Å². The van der Waals surface area contributed by atoms with Crippen LogP contribution in [0, 0.1) is 0 Å². The molecule has 0 saturated carbocycles. The van der Waals surface area contributed by atoms with Crippen LogP contribution in [0.3, 0.4) is 0 Å². The molecule has 0 bridgehead atoms. The highest BCUT2D eigenvalue weighted by Crippen LogP contribution is 2.24. The Morgan fingerprint density at radius 3 is 2.74 bits per heavy atom. The Morgan fingerprint density at radius 2 is 2.05 bits per heavy atom. The normalized spacial score (nSPS) is 11.1. The number of hydrogen-bond acceptors (Lipinski definition) is 3. The van der Waals surface area contributed by atoms with Gasteiger partial charge in [-0.3, -0.25) is 4.68 Å². The highest BCUT2D eigenvalue weighted by molar-refractivity contribution is 7.98. The summed E-state index contributed by atoms with van der Waals surface area (Å²) < 4.78 is 2.09. The zero-order valence-corrected chi connectivity index (χ0v) is 12.4. The fourth-order valence-corrected chi connectivity index (χ4v) is 2.94. The first-order valence-corrected chi connectivity index (χ1v) is 7.73. The molecule has 0 unspecified atom stereocenters. The molecule has 0 aliphatic rings. The lowest BCUT2D eigenvalue weighted by atomic mass is 10.2. The molecule has 0 amide bonds. The van der Waals surface area contributed by atoms with Crippen LogP contribution in [0.2, 0.25) is 0 Å². The van der Waals surface area contributed by atoms with Gasteiger partial charge in [0.1, 0.15) is 0 Å². The minimum atomic E-state index is 0.520. The van der Waals surface area contributed by atoms with E-state index in [1.807, 2.05) is 18.2 Å². The van der Waals surface area contributed by atoms with Crippen LogP contribution < -0.4 is 5.73 Å². The third kappa shape index (κ3) is 3.77. The number of anilines is 1. The van der Waals surface area contributed by atoms with Gasteiger partial charge in [0.05, 0.1) is 11.7 Å². The maximum Gasteiger partial charge on any atom is 0.0727 e. The second kappa shape index (κ2) is 6.66. The fraction of sp³-hybridized carbons (Fsp3) is 0.400. The second-order valence-electron chi connectivity index (χ2n) is 4.62. The lowest BCUT2D eigenvalue weighted by Crippen LogP contribution is -2.07. The number of thioether (sulfide) groups is 1. The SMILES string of the molecule is CCC(CC)n1ccc(CSc2cccc(N)c2)n1. The number of aromatic nitrogens is 2. The van der Waals surface area contributed by atoms with E-state index in [1.54, 1.807) is 11.8 Å². The Morgan fingerprint density at radius 1 is 1.26 bits per heavy atom. The number of nitrogens with zero attached hydrogens (tertiary/aromatic N) is 2. The molecule has 3 nitrogen and oxygen atoms in total. The molecule has 0 saturated heterocycles. The summed E-state index contributed by atoms with van der Waals surface area (Å²) in [5.74, 6) is 0.886. The van der Waals surface area contributed by atoms with E-state index < -0.39 is 0 Å². The number of rotatable bonds is 6. The van der Waals surface area contributed by atoms with E-state index in [4.69, 9.17) is 5.73 Å². The van der Waals surface area contributed by atoms with Gasteiger partial charge in [-0.2, -0.15) is 5.10 Å². The summed E-state index contributed by atoms with van der Waals surface area (Å²) in [4.78, 5) is 1.19. The van der Waals surface area contributed by atoms with Crippen LogP contribution in [0.5, 0.6) is 0 Å². The van der Waals surface area contributed by atoms with Gasteiger partial charge < -0.3 is 5.73 Å². The maximum absolute atomic E-state index is 5.77. The Labute approximate surface area is 119 Å². The molecule has 0 atom stereocenters. The average Bonchev–Trinajstić information content (AvgIpc) is 2.87. The molecule has 102 valence electrons. The molecule has 0 radical (unpaired) electrons. The highest BCUT2D eigenvalue weighted by Gasteiger charge is 2.08. The monoisotopic (exact) mass is 275 g/mol. The molecular formula is C15H21N3S. The molecule has 1 heterocycles. The fourth-order valence-electron chi connectivity index (χ4n) is 2.08. The summed E-state index contributed by atoms with van der Waals surface area (Å²) in [6, 6.07) is 10.6. The van der Waals surface area contributed by atoms with Gasteiger partial charge in [0.25, 0.3) is 0 Å². The zero-order valence-electron chi connectivity index (χ0n) is 11.5. The van der Waals surface area contributed by atoms with E-state index in [9.17, 15) is 0 Å². The van der Waals surface area contributed by atoms with Crippen molar-refractivity contribution in [1.82, 2.24) is 9.78 Å². The molecule has 19 heavy (non-hydrogen) atoms. The van der Waals surface area contributed by atoms with E-state index in [1.165, 1.54) is 4.90 Å².